The fourth-order valence-electron chi connectivity index (χ4n) is 0.665. The van der Waals surface area contributed by atoms with Gasteiger partial charge in [-0.25, -0.2) is 0 Å². The third kappa shape index (κ3) is 4.14. The summed E-state index contributed by atoms with van der Waals surface area (Å²) in [6, 6.07) is 0. The van der Waals surface area contributed by atoms with E-state index < -0.39 is 6.10 Å². The van der Waals surface area contributed by atoms with Gasteiger partial charge in [0.25, 0.3) is 0 Å². The summed E-state index contributed by atoms with van der Waals surface area (Å²) in [4.78, 5) is 11.3. The predicted octanol–water partition coefficient (Wildman–Crippen LogP) is 1.76. The molecule has 1 atom stereocenters. The molecule has 0 aliphatic carbocycles. The van der Waals surface area contributed by atoms with Crippen molar-refractivity contribution in [2.45, 2.75) is 46.6 Å². The summed E-state index contributed by atoms with van der Waals surface area (Å²) in [6.45, 7) is 7.49. The Labute approximate surface area is 68.6 Å². The maximum atomic E-state index is 11.3. The zero-order chi connectivity index (χ0) is 9.07. The Kier molecular flexibility index (Phi) is 3.73. The van der Waals surface area contributed by atoms with Crippen LogP contribution in [-0.4, -0.2) is 17.0 Å². The zero-order valence-electron chi connectivity index (χ0n) is 7.85. The lowest BCUT2D eigenvalue weighted by Crippen LogP contribution is -2.24. The van der Waals surface area contributed by atoms with Crippen molar-refractivity contribution in [2.75, 3.05) is 0 Å². The first-order valence-corrected chi connectivity index (χ1v) is 4.09. The molecule has 0 unspecified atom stereocenters. The van der Waals surface area contributed by atoms with Crippen molar-refractivity contribution in [3.8, 4) is 0 Å². The second kappa shape index (κ2) is 3.86. The van der Waals surface area contributed by atoms with Crippen LogP contribution in [0.1, 0.15) is 40.5 Å². The summed E-state index contributed by atoms with van der Waals surface area (Å²) < 4.78 is 0. The second-order valence-corrected chi connectivity index (χ2v) is 3.94. The van der Waals surface area contributed by atoms with E-state index in [4.69, 9.17) is 0 Å². The molecule has 0 aromatic rings. The number of aliphatic hydroxyl groups is 1. The summed E-state index contributed by atoms with van der Waals surface area (Å²) in [7, 11) is 0. The van der Waals surface area contributed by atoms with E-state index in [-0.39, 0.29) is 11.2 Å². The van der Waals surface area contributed by atoms with E-state index in [1.807, 2.05) is 27.7 Å². The van der Waals surface area contributed by atoms with Gasteiger partial charge in [-0.15, -0.1) is 0 Å². The summed E-state index contributed by atoms with van der Waals surface area (Å²) in [5, 5.41) is 9.17. The molecule has 2 heteroatoms. The molecular formula is C9H18O2. The van der Waals surface area contributed by atoms with E-state index in [9.17, 15) is 9.90 Å². The number of aliphatic hydroxyl groups excluding tert-OH is 1. The summed E-state index contributed by atoms with van der Waals surface area (Å²) in [5.41, 5.74) is -0.309. The van der Waals surface area contributed by atoms with Gasteiger partial charge in [0.1, 0.15) is 5.78 Å². The Hall–Kier alpha value is -0.370. The highest BCUT2D eigenvalue weighted by Crippen LogP contribution is 2.18. The van der Waals surface area contributed by atoms with Crippen LogP contribution in [0.25, 0.3) is 0 Å². The Morgan fingerprint density at radius 1 is 1.45 bits per heavy atom. The molecule has 0 rings (SSSR count). The molecule has 0 amide bonds. The number of Topliss-reactive ketones (excluding diaryl/α,β-unsaturated/α-hetero) is 1. The minimum absolute atomic E-state index is 0.131. The van der Waals surface area contributed by atoms with Crippen molar-refractivity contribution in [1.82, 2.24) is 0 Å². The van der Waals surface area contributed by atoms with Gasteiger partial charge in [-0.1, -0.05) is 27.7 Å². The molecule has 0 spiro atoms. The van der Waals surface area contributed by atoms with Crippen molar-refractivity contribution in [3.63, 3.8) is 0 Å². The first kappa shape index (κ1) is 10.6. The van der Waals surface area contributed by atoms with Crippen LogP contribution in [0.4, 0.5) is 0 Å². The van der Waals surface area contributed by atoms with Gasteiger partial charge < -0.3 is 5.11 Å². The van der Waals surface area contributed by atoms with Crippen LogP contribution in [0.15, 0.2) is 0 Å². The minimum atomic E-state index is -0.457. The van der Waals surface area contributed by atoms with E-state index in [2.05, 4.69) is 0 Å². The van der Waals surface area contributed by atoms with Crippen LogP contribution in [-0.2, 0) is 4.79 Å². The molecule has 0 radical (unpaired) electrons. The lowest BCUT2D eigenvalue weighted by Gasteiger charge is -2.18. The number of ketones is 1. The molecule has 11 heavy (non-hydrogen) atoms. The largest absolute Gasteiger partial charge is 0.393 e. The van der Waals surface area contributed by atoms with Crippen molar-refractivity contribution >= 4 is 5.78 Å². The molecule has 0 saturated carbocycles. The number of hydrogen-bond acceptors (Lipinski definition) is 2. The highest BCUT2D eigenvalue weighted by molar-refractivity contribution is 5.83. The maximum absolute atomic E-state index is 11.3. The van der Waals surface area contributed by atoms with Crippen LogP contribution in [0.5, 0.6) is 0 Å². The molecular weight excluding hydrogens is 140 g/mol. The maximum Gasteiger partial charge on any atom is 0.140 e. The van der Waals surface area contributed by atoms with E-state index in [1.165, 1.54) is 0 Å². The standard InChI is InChI=1S/C9H18O2/c1-5-7(10)6-8(11)9(2,3)4/h7,10H,5-6H2,1-4H3/t7-/m0/s1. The lowest BCUT2D eigenvalue weighted by atomic mass is 9.87. The molecule has 0 aromatic heterocycles. The summed E-state index contributed by atoms with van der Waals surface area (Å²) in [5.74, 6) is 0.131. The molecule has 2 nitrogen and oxygen atoms in total. The van der Waals surface area contributed by atoms with Gasteiger partial charge in [0.15, 0.2) is 0 Å². The monoisotopic (exact) mass is 158 g/mol. The van der Waals surface area contributed by atoms with Crippen molar-refractivity contribution in [1.29, 1.82) is 0 Å². The quantitative estimate of drug-likeness (QED) is 0.679. The van der Waals surface area contributed by atoms with Gasteiger partial charge in [-0.3, -0.25) is 4.79 Å². The lowest BCUT2D eigenvalue weighted by molar-refractivity contribution is -0.128. The minimum Gasteiger partial charge on any atom is -0.393 e. The van der Waals surface area contributed by atoms with Crippen molar-refractivity contribution in [2.24, 2.45) is 5.41 Å². The van der Waals surface area contributed by atoms with Gasteiger partial charge in [-0.05, 0) is 6.42 Å². The predicted molar refractivity (Wildman–Crippen MR) is 45.4 cm³/mol. The van der Waals surface area contributed by atoms with Crippen LogP contribution >= 0.6 is 0 Å². The fraction of sp³-hybridized carbons (Fsp3) is 0.889. The summed E-state index contributed by atoms with van der Waals surface area (Å²) >= 11 is 0. The molecule has 0 bridgehead atoms. The number of rotatable bonds is 3. The first-order chi connectivity index (χ1) is 4.88. The molecule has 0 heterocycles. The Morgan fingerprint density at radius 3 is 2.18 bits per heavy atom. The number of hydrogen-bond donors (Lipinski definition) is 1. The summed E-state index contributed by atoms with van der Waals surface area (Å²) in [6.07, 6.45) is 0.490. The van der Waals surface area contributed by atoms with Crippen molar-refractivity contribution < 1.29 is 9.90 Å². The van der Waals surface area contributed by atoms with Gasteiger partial charge >= 0.3 is 0 Å². The molecule has 1 N–H and O–H groups in total. The second-order valence-electron chi connectivity index (χ2n) is 3.94. The molecule has 0 saturated heterocycles. The average Bonchev–Trinajstić information content (AvgIpc) is 1.85. The van der Waals surface area contributed by atoms with Crippen LogP contribution in [0.2, 0.25) is 0 Å². The molecule has 0 aliphatic rings. The van der Waals surface area contributed by atoms with Gasteiger partial charge in [0, 0.05) is 11.8 Å². The fourth-order valence-corrected chi connectivity index (χ4v) is 0.665. The van der Waals surface area contributed by atoms with Crippen LogP contribution in [0, 0.1) is 5.41 Å². The van der Waals surface area contributed by atoms with E-state index in [0.717, 1.165) is 0 Å². The highest BCUT2D eigenvalue weighted by Gasteiger charge is 2.22. The number of carbonyl (C=O) groups is 1. The third-order valence-electron chi connectivity index (χ3n) is 1.73. The topological polar surface area (TPSA) is 37.3 Å². The van der Waals surface area contributed by atoms with E-state index in [1.54, 1.807) is 0 Å². The molecule has 0 fully saturated rings. The smallest absolute Gasteiger partial charge is 0.140 e. The SMILES string of the molecule is CC[C@H](O)CC(=O)C(C)(C)C. The zero-order valence-corrected chi connectivity index (χ0v) is 7.85. The van der Waals surface area contributed by atoms with Crippen LogP contribution < -0.4 is 0 Å². The van der Waals surface area contributed by atoms with E-state index >= 15 is 0 Å². The molecule has 0 aromatic carbocycles. The molecule has 66 valence electrons. The average molecular weight is 158 g/mol. The Morgan fingerprint density at radius 2 is 1.91 bits per heavy atom. The normalized spacial score (nSPS) is 14.6. The number of carbonyl (C=O) groups excluding carboxylic acids is 1. The Bertz CT molecular complexity index is 133. The Balaban J connectivity index is 3.88. The highest BCUT2D eigenvalue weighted by atomic mass is 16.3. The van der Waals surface area contributed by atoms with Crippen molar-refractivity contribution in [3.05, 3.63) is 0 Å². The first-order valence-electron chi connectivity index (χ1n) is 4.09. The van der Waals surface area contributed by atoms with Gasteiger partial charge in [0.2, 0.25) is 0 Å². The van der Waals surface area contributed by atoms with Gasteiger partial charge in [-0.2, -0.15) is 0 Å². The van der Waals surface area contributed by atoms with Gasteiger partial charge in [0.05, 0.1) is 6.10 Å². The van der Waals surface area contributed by atoms with E-state index in [0.29, 0.717) is 12.8 Å². The third-order valence-corrected chi connectivity index (χ3v) is 1.73. The molecule has 0 aliphatic heterocycles. The van der Waals surface area contributed by atoms with Crippen LogP contribution in [0.3, 0.4) is 0 Å².